The number of esters is 1. The van der Waals surface area contributed by atoms with Crippen molar-refractivity contribution >= 4 is 46.1 Å². The number of thiazole rings is 1. The zero-order valence-electron chi connectivity index (χ0n) is 17.8. The van der Waals surface area contributed by atoms with Gasteiger partial charge in [-0.1, -0.05) is 12.1 Å². The lowest BCUT2D eigenvalue weighted by Crippen LogP contribution is -2.34. The van der Waals surface area contributed by atoms with Crippen molar-refractivity contribution in [3.63, 3.8) is 0 Å². The zero-order chi connectivity index (χ0) is 22.7. The fourth-order valence-electron chi connectivity index (χ4n) is 3.72. The van der Waals surface area contributed by atoms with Crippen molar-refractivity contribution in [2.45, 2.75) is 32.7 Å². The molecule has 9 heteroatoms. The van der Waals surface area contributed by atoms with Crippen LogP contribution in [0.15, 0.2) is 41.1 Å². The lowest BCUT2D eigenvalue weighted by atomic mass is 10.1. The van der Waals surface area contributed by atoms with Gasteiger partial charge >= 0.3 is 5.97 Å². The first-order valence-electron chi connectivity index (χ1n) is 10.2. The average Bonchev–Trinajstić information content (AvgIpc) is 3.51. The van der Waals surface area contributed by atoms with Crippen LogP contribution < -0.4 is 10.2 Å². The van der Waals surface area contributed by atoms with Crippen LogP contribution in [0.4, 0.5) is 5.69 Å². The van der Waals surface area contributed by atoms with Crippen molar-refractivity contribution in [1.29, 1.82) is 0 Å². The number of rotatable bonds is 7. The summed E-state index contributed by atoms with van der Waals surface area (Å²) in [5.74, 6) is -1.02. The normalized spacial score (nSPS) is 13.5. The Morgan fingerprint density at radius 1 is 1.25 bits per heavy atom. The Balaban J connectivity index is 1.36. The van der Waals surface area contributed by atoms with Crippen molar-refractivity contribution in [2.75, 3.05) is 18.1 Å². The molecule has 3 aromatic rings. The quantitative estimate of drug-likeness (QED) is 0.531. The standard InChI is InChI=1S/C23H23N3O4S2/c1-14(27)24-18(21-4-3-9-31-21)11-23(29)30-12-22(28)26-8-7-17-10-16(5-6-20(17)26)19-13-32-15(2)25-19/h3-6,9-10,13,18H,7-8,11-12H2,1-2H3,(H,24,27). The molecule has 1 aliphatic rings. The number of fused-ring (bicyclic) bond motifs is 1. The predicted octanol–water partition coefficient (Wildman–Crippen LogP) is 3.88. The minimum Gasteiger partial charge on any atom is -0.455 e. The van der Waals surface area contributed by atoms with Gasteiger partial charge in [0.25, 0.3) is 5.91 Å². The number of hydrogen-bond donors (Lipinski definition) is 1. The van der Waals surface area contributed by atoms with E-state index in [0.29, 0.717) is 6.54 Å². The Morgan fingerprint density at radius 3 is 2.78 bits per heavy atom. The van der Waals surface area contributed by atoms with E-state index in [0.717, 1.165) is 38.8 Å². The van der Waals surface area contributed by atoms with Gasteiger partial charge in [0, 0.05) is 35.0 Å². The molecule has 1 atom stereocenters. The van der Waals surface area contributed by atoms with Crippen LogP contribution in [0.5, 0.6) is 0 Å². The zero-order valence-corrected chi connectivity index (χ0v) is 19.4. The minimum atomic E-state index is -0.529. The summed E-state index contributed by atoms with van der Waals surface area (Å²) >= 11 is 3.06. The highest BCUT2D eigenvalue weighted by molar-refractivity contribution is 7.10. The van der Waals surface area contributed by atoms with Gasteiger partial charge < -0.3 is 15.0 Å². The number of thiophene rings is 1. The second-order valence-corrected chi connectivity index (χ2v) is 9.57. The number of anilines is 1. The molecular formula is C23H23N3O4S2. The van der Waals surface area contributed by atoms with Gasteiger partial charge in [0.1, 0.15) is 0 Å². The summed E-state index contributed by atoms with van der Waals surface area (Å²) in [6.07, 6.45) is 0.718. The molecule has 0 fully saturated rings. The number of carbonyl (C=O) groups excluding carboxylic acids is 3. The molecule has 0 saturated heterocycles. The van der Waals surface area contributed by atoms with Crippen LogP contribution >= 0.6 is 22.7 Å². The van der Waals surface area contributed by atoms with Crippen LogP contribution in [-0.4, -0.2) is 35.9 Å². The molecule has 2 amide bonds. The van der Waals surface area contributed by atoms with Crippen molar-refractivity contribution in [3.05, 3.63) is 56.5 Å². The van der Waals surface area contributed by atoms with E-state index in [1.807, 2.05) is 41.9 Å². The van der Waals surface area contributed by atoms with E-state index in [2.05, 4.69) is 16.4 Å². The number of nitrogens with zero attached hydrogens (tertiary/aromatic N) is 2. The lowest BCUT2D eigenvalue weighted by Gasteiger charge is -2.19. The number of amides is 2. The Bertz CT molecular complexity index is 1140. The first-order chi connectivity index (χ1) is 15.4. The lowest BCUT2D eigenvalue weighted by molar-refractivity contribution is -0.148. The average molecular weight is 470 g/mol. The number of hydrogen-bond acceptors (Lipinski definition) is 7. The van der Waals surface area contributed by atoms with Gasteiger partial charge in [0.05, 0.1) is 23.2 Å². The molecule has 0 spiro atoms. The first-order valence-corrected chi connectivity index (χ1v) is 12.0. The number of benzene rings is 1. The largest absolute Gasteiger partial charge is 0.455 e. The van der Waals surface area contributed by atoms with E-state index in [1.165, 1.54) is 18.3 Å². The highest BCUT2D eigenvalue weighted by Crippen LogP contribution is 2.33. The molecule has 2 aromatic heterocycles. The summed E-state index contributed by atoms with van der Waals surface area (Å²) in [6.45, 7) is 3.60. The Hall–Kier alpha value is -3.04. The van der Waals surface area contributed by atoms with Gasteiger partial charge in [0.2, 0.25) is 5.91 Å². The highest BCUT2D eigenvalue weighted by Gasteiger charge is 2.27. The van der Waals surface area contributed by atoms with E-state index in [1.54, 1.807) is 16.2 Å². The van der Waals surface area contributed by atoms with E-state index in [9.17, 15) is 14.4 Å². The molecule has 32 heavy (non-hydrogen) atoms. The monoisotopic (exact) mass is 469 g/mol. The van der Waals surface area contributed by atoms with Gasteiger partial charge in [-0.25, -0.2) is 4.98 Å². The van der Waals surface area contributed by atoms with Crippen LogP contribution in [0, 0.1) is 6.92 Å². The molecule has 1 aliphatic heterocycles. The number of aromatic nitrogens is 1. The minimum absolute atomic E-state index is 0.0274. The number of nitrogens with one attached hydrogen (secondary N) is 1. The fourth-order valence-corrected chi connectivity index (χ4v) is 5.12. The molecule has 0 radical (unpaired) electrons. The van der Waals surface area contributed by atoms with Gasteiger partial charge in [0.15, 0.2) is 6.61 Å². The smallest absolute Gasteiger partial charge is 0.308 e. The SMILES string of the molecule is CC(=O)NC(CC(=O)OCC(=O)N1CCc2cc(-c3csc(C)n3)ccc21)c1cccs1. The number of aryl methyl sites for hydroxylation is 1. The summed E-state index contributed by atoms with van der Waals surface area (Å²) in [5, 5.41) is 7.68. The predicted molar refractivity (Wildman–Crippen MR) is 125 cm³/mol. The van der Waals surface area contributed by atoms with Crippen LogP contribution in [0.1, 0.15) is 34.8 Å². The third kappa shape index (κ3) is 5.05. The molecule has 0 aliphatic carbocycles. The van der Waals surface area contributed by atoms with Crippen molar-refractivity contribution in [1.82, 2.24) is 10.3 Å². The van der Waals surface area contributed by atoms with Crippen LogP contribution in [0.3, 0.4) is 0 Å². The highest BCUT2D eigenvalue weighted by atomic mass is 32.1. The molecule has 0 bridgehead atoms. The van der Waals surface area contributed by atoms with E-state index in [4.69, 9.17) is 4.74 Å². The molecule has 4 rings (SSSR count). The molecule has 0 saturated carbocycles. The van der Waals surface area contributed by atoms with Crippen molar-refractivity contribution in [3.8, 4) is 11.3 Å². The fraction of sp³-hybridized carbons (Fsp3) is 0.304. The molecule has 3 heterocycles. The number of carbonyl (C=O) groups is 3. The third-order valence-corrected chi connectivity index (χ3v) is 6.94. The first kappa shape index (κ1) is 22.2. The Morgan fingerprint density at radius 2 is 2.09 bits per heavy atom. The summed E-state index contributed by atoms with van der Waals surface area (Å²) in [6, 6.07) is 9.21. The van der Waals surface area contributed by atoms with E-state index >= 15 is 0 Å². The summed E-state index contributed by atoms with van der Waals surface area (Å²) in [7, 11) is 0. The Labute approximate surface area is 194 Å². The van der Waals surface area contributed by atoms with Crippen LogP contribution in [0.25, 0.3) is 11.3 Å². The molecule has 7 nitrogen and oxygen atoms in total. The van der Waals surface area contributed by atoms with E-state index < -0.39 is 12.0 Å². The molecule has 1 unspecified atom stereocenters. The van der Waals surface area contributed by atoms with Gasteiger partial charge in [-0.2, -0.15) is 0 Å². The van der Waals surface area contributed by atoms with Crippen molar-refractivity contribution < 1.29 is 19.1 Å². The number of ether oxygens (including phenoxy) is 1. The summed E-state index contributed by atoms with van der Waals surface area (Å²) < 4.78 is 5.25. The Kier molecular flexibility index (Phi) is 6.66. The third-order valence-electron chi connectivity index (χ3n) is 5.18. The van der Waals surface area contributed by atoms with E-state index in [-0.39, 0.29) is 24.8 Å². The van der Waals surface area contributed by atoms with Gasteiger partial charge in [-0.15, -0.1) is 22.7 Å². The topological polar surface area (TPSA) is 88.6 Å². The second kappa shape index (κ2) is 9.62. The second-order valence-electron chi connectivity index (χ2n) is 7.52. The van der Waals surface area contributed by atoms with Gasteiger partial charge in [-0.05, 0) is 42.5 Å². The molecule has 1 aromatic carbocycles. The van der Waals surface area contributed by atoms with Crippen LogP contribution in [0.2, 0.25) is 0 Å². The van der Waals surface area contributed by atoms with Crippen LogP contribution in [-0.2, 0) is 25.5 Å². The van der Waals surface area contributed by atoms with Crippen molar-refractivity contribution in [2.24, 2.45) is 0 Å². The maximum Gasteiger partial charge on any atom is 0.308 e. The van der Waals surface area contributed by atoms with Gasteiger partial charge in [-0.3, -0.25) is 14.4 Å². The molecular weight excluding hydrogens is 446 g/mol. The molecule has 1 N–H and O–H groups in total. The molecule has 166 valence electrons. The maximum atomic E-state index is 12.7. The maximum absolute atomic E-state index is 12.7. The summed E-state index contributed by atoms with van der Waals surface area (Å²) in [4.78, 5) is 43.6. The summed E-state index contributed by atoms with van der Waals surface area (Å²) in [5.41, 5.74) is 3.90.